The van der Waals surface area contributed by atoms with Gasteiger partial charge in [0.15, 0.2) is 0 Å². The molecule has 1 N–H and O–H groups in total. The predicted octanol–water partition coefficient (Wildman–Crippen LogP) is 2.45. The summed E-state index contributed by atoms with van der Waals surface area (Å²) in [5.41, 5.74) is 1.23. The highest BCUT2D eigenvalue weighted by molar-refractivity contribution is 5.46. The van der Waals surface area contributed by atoms with Gasteiger partial charge < -0.3 is 14.5 Å². The fourth-order valence-electron chi connectivity index (χ4n) is 4.19. The number of nitrogens with one attached hydrogen (secondary N) is 1. The number of aromatic nitrogens is 2. The zero-order chi connectivity index (χ0) is 18.8. The van der Waals surface area contributed by atoms with Crippen molar-refractivity contribution in [3.8, 4) is 0 Å². The van der Waals surface area contributed by atoms with Crippen molar-refractivity contribution >= 4 is 11.8 Å². The molecule has 6 heteroatoms. The van der Waals surface area contributed by atoms with Crippen molar-refractivity contribution in [2.75, 3.05) is 36.0 Å². The SMILES string of the molecule is C[C@@H]1CN(c2cc(=O)[nH]c(N3CC[C@H](C)[C@@H]3Cc3ccccc3)n2)CCO1. The van der Waals surface area contributed by atoms with Gasteiger partial charge in [0.2, 0.25) is 5.95 Å². The number of hydrogen-bond acceptors (Lipinski definition) is 5. The minimum absolute atomic E-state index is 0.0906. The third-order valence-electron chi connectivity index (χ3n) is 5.72. The van der Waals surface area contributed by atoms with E-state index in [4.69, 9.17) is 9.72 Å². The van der Waals surface area contributed by atoms with Gasteiger partial charge in [0.05, 0.1) is 12.7 Å². The van der Waals surface area contributed by atoms with Crippen molar-refractivity contribution < 1.29 is 4.74 Å². The standard InChI is InChI=1S/C21H28N4O2/c1-15-8-9-25(18(15)12-17-6-4-3-5-7-17)21-22-19(13-20(26)23-21)24-10-11-27-16(2)14-24/h3-7,13,15-16,18H,8-12,14H2,1-2H3,(H,22,23,26)/t15-,16+,18-/m0/s1. The summed E-state index contributed by atoms with van der Waals surface area (Å²) >= 11 is 0. The Balaban J connectivity index is 1.60. The second-order valence-electron chi connectivity index (χ2n) is 7.77. The maximum atomic E-state index is 12.4. The number of morpholine rings is 1. The average Bonchev–Trinajstić information content (AvgIpc) is 3.03. The van der Waals surface area contributed by atoms with Crippen LogP contribution in [0, 0.1) is 5.92 Å². The van der Waals surface area contributed by atoms with Crippen LogP contribution in [0.25, 0.3) is 0 Å². The molecule has 0 radical (unpaired) electrons. The monoisotopic (exact) mass is 368 g/mol. The number of hydrogen-bond donors (Lipinski definition) is 1. The molecule has 2 aliphatic heterocycles. The van der Waals surface area contributed by atoms with Crippen molar-refractivity contribution in [3.63, 3.8) is 0 Å². The average molecular weight is 368 g/mol. The fourth-order valence-corrected chi connectivity index (χ4v) is 4.19. The summed E-state index contributed by atoms with van der Waals surface area (Å²) in [6, 6.07) is 12.5. The molecule has 2 aliphatic rings. The Hall–Kier alpha value is -2.34. The van der Waals surface area contributed by atoms with E-state index in [1.807, 2.05) is 6.07 Å². The van der Waals surface area contributed by atoms with Crippen molar-refractivity contribution in [2.45, 2.75) is 38.8 Å². The molecule has 3 heterocycles. The second kappa shape index (κ2) is 7.72. The summed E-state index contributed by atoms with van der Waals surface area (Å²) in [6.07, 6.45) is 2.23. The molecule has 2 fully saturated rings. The highest BCUT2D eigenvalue weighted by Gasteiger charge is 2.33. The molecular weight excluding hydrogens is 340 g/mol. The molecule has 2 saturated heterocycles. The molecule has 144 valence electrons. The summed E-state index contributed by atoms with van der Waals surface area (Å²) in [5.74, 6) is 2.01. The Morgan fingerprint density at radius 2 is 2.04 bits per heavy atom. The van der Waals surface area contributed by atoms with Crippen LogP contribution < -0.4 is 15.4 Å². The van der Waals surface area contributed by atoms with E-state index >= 15 is 0 Å². The van der Waals surface area contributed by atoms with Crippen molar-refractivity contribution in [3.05, 3.63) is 52.3 Å². The van der Waals surface area contributed by atoms with E-state index in [9.17, 15) is 4.79 Å². The number of anilines is 2. The maximum Gasteiger partial charge on any atom is 0.254 e. The van der Waals surface area contributed by atoms with Gasteiger partial charge in [-0.2, -0.15) is 4.98 Å². The van der Waals surface area contributed by atoms with Gasteiger partial charge in [-0.15, -0.1) is 0 Å². The molecule has 1 aromatic heterocycles. The molecule has 0 aliphatic carbocycles. The summed E-state index contributed by atoms with van der Waals surface area (Å²) in [6.45, 7) is 7.47. The first-order chi connectivity index (χ1) is 13.1. The molecule has 0 unspecified atom stereocenters. The zero-order valence-electron chi connectivity index (χ0n) is 16.1. The minimum atomic E-state index is -0.0906. The normalized spacial score (nSPS) is 25.8. The lowest BCUT2D eigenvalue weighted by Gasteiger charge is -2.33. The molecule has 2 aromatic rings. The van der Waals surface area contributed by atoms with Gasteiger partial charge in [0.1, 0.15) is 5.82 Å². The van der Waals surface area contributed by atoms with Gasteiger partial charge in [0.25, 0.3) is 5.56 Å². The number of nitrogens with zero attached hydrogens (tertiary/aromatic N) is 3. The third kappa shape index (κ3) is 4.00. The van der Waals surface area contributed by atoms with E-state index in [1.54, 1.807) is 6.07 Å². The van der Waals surface area contributed by atoms with Crippen molar-refractivity contribution in [1.82, 2.24) is 9.97 Å². The lowest BCUT2D eigenvalue weighted by Crippen LogP contribution is -2.42. The van der Waals surface area contributed by atoms with E-state index in [2.05, 4.69) is 52.9 Å². The Kier molecular flexibility index (Phi) is 5.16. The first kappa shape index (κ1) is 18.0. The molecule has 27 heavy (non-hydrogen) atoms. The van der Waals surface area contributed by atoms with Crippen LogP contribution in [-0.4, -0.2) is 48.4 Å². The molecule has 1 aromatic carbocycles. The Morgan fingerprint density at radius 1 is 1.22 bits per heavy atom. The highest BCUT2D eigenvalue weighted by atomic mass is 16.5. The molecule has 6 nitrogen and oxygen atoms in total. The van der Waals surface area contributed by atoms with E-state index < -0.39 is 0 Å². The largest absolute Gasteiger partial charge is 0.375 e. The molecule has 3 atom stereocenters. The van der Waals surface area contributed by atoms with Gasteiger partial charge in [-0.1, -0.05) is 37.3 Å². The van der Waals surface area contributed by atoms with Gasteiger partial charge >= 0.3 is 0 Å². The first-order valence-corrected chi connectivity index (χ1v) is 9.88. The van der Waals surface area contributed by atoms with Crippen LogP contribution in [0.4, 0.5) is 11.8 Å². The molecule has 0 spiro atoms. The second-order valence-corrected chi connectivity index (χ2v) is 7.77. The Labute approximate surface area is 160 Å². The first-order valence-electron chi connectivity index (χ1n) is 9.88. The fraction of sp³-hybridized carbons (Fsp3) is 0.524. The van der Waals surface area contributed by atoms with Crippen LogP contribution in [0.2, 0.25) is 0 Å². The van der Waals surface area contributed by atoms with Gasteiger partial charge in [-0.25, -0.2) is 0 Å². The highest BCUT2D eigenvalue weighted by Crippen LogP contribution is 2.30. The number of aromatic amines is 1. The van der Waals surface area contributed by atoms with Crippen LogP contribution in [0.3, 0.4) is 0 Å². The Bertz CT molecular complexity index is 822. The smallest absolute Gasteiger partial charge is 0.254 e. The summed E-state index contributed by atoms with van der Waals surface area (Å²) in [5, 5.41) is 0. The van der Waals surface area contributed by atoms with E-state index in [0.717, 1.165) is 38.3 Å². The summed E-state index contributed by atoms with van der Waals surface area (Å²) < 4.78 is 5.62. The minimum Gasteiger partial charge on any atom is -0.375 e. The quantitative estimate of drug-likeness (QED) is 0.898. The van der Waals surface area contributed by atoms with Gasteiger partial charge in [0, 0.05) is 31.7 Å². The zero-order valence-corrected chi connectivity index (χ0v) is 16.1. The van der Waals surface area contributed by atoms with E-state index in [-0.39, 0.29) is 11.7 Å². The lowest BCUT2D eigenvalue weighted by molar-refractivity contribution is 0.0529. The third-order valence-corrected chi connectivity index (χ3v) is 5.72. The van der Waals surface area contributed by atoms with Crippen LogP contribution in [0.15, 0.2) is 41.2 Å². The summed E-state index contributed by atoms with van der Waals surface area (Å²) in [7, 11) is 0. The van der Waals surface area contributed by atoms with Crippen molar-refractivity contribution in [1.29, 1.82) is 0 Å². The molecular formula is C21H28N4O2. The number of rotatable bonds is 4. The van der Waals surface area contributed by atoms with Gasteiger partial charge in [-0.05, 0) is 31.2 Å². The van der Waals surface area contributed by atoms with Gasteiger partial charge in [-0.3, -0.25) is 9.78 Å². The number of benzene rings is 1. The summed E-state index contributed by atoms with van der Waals surface area (Å²) in [4.78, 5) is 24.6. The molecule has 4 rings (SSSR count). The van der Waals surface area contributed by atoms with Crippen LogP contribution >= 0.6 is 0 Å². The molecule has 0 bridgehead atoms. The number of H-pyrrole nitrogens is 1. The van der Waals surface area contributed by atoms with Crippen LogP contribution in [0.1, 0.15) is 25.8 Å². The van der Waals surface area contributed by atoms with Crippen LogP contribution in [0.5, 0.6) is 0 Å². The van der Waals surface area contributed by atoms with E-state index in [0.29, 0.717) is 24.5 Å². The number of ether oxygens (including phenoxy) is 1. The predicted molar refractivity (Wildman–Crippen MR) is 108 cm³/mol. The van der Waals surface area contributed by atoms with E-state index in [1.165, 1.54) is 5.56 Å². The maximum absolute atomic E-state index is 12.4. The molecule has 0 amide bonds. The van der Waals surface area contributed by atoms with Crippen molar-refractivity contribution in [2.24, 2.45) is 5.92 Å². The molecule has 0 saturated carbocycles. The Morgan fingerprint density at radius 3 is 2.81 bits per heavy atom. The lowest BCUT2D eigenvalue weighted by atomic mass is 9.96. The topological polar surface area (TPSA) is 61.5 Å². The van der Waals surface area contributed by atoms with Crippen LogP contribution in [-0.2, 0) is 11.2 Å².